The Hall–Kier alpha value is -2.15. The Morgan fingerprint density at radius 2 is 0.887 bits per heavy atom. The van der Waals surface area contributed by atoms with Gasteiger partial charge in [-0.3, -0.25) is 4.79 Å². The molecule has 0 aromatic heterocycles. The lowest BCUT2D eigenvalue weighted by Gasteiger charge is -2.39. The molecule has 5 N–H and O–H groups in total. The predicted molar refractivity (Wildman–Crippen MR) is 251 cm³/mol. The summed E-state index contributed by atoms with van der Waals surface area (Å²) < 4.78 is 30.4. The molecule has 0 aliphatic carbocycles. The lowest BCUT2D eigenvalue weighted by molar-refractivity contribution is -0.300. The van der Waals surface area contributed by atoms with Gasteiger partial charge in [0.25, 0.3) is 5.91 Å². The van der Waals surface area contributed by atoms with Gasteiger partial charge < -0.3 is 49.4 Å². The van der Waals surface area contributed by atoms with Gasteiger partial charge in [0.1, 0.15) is 24.4 Å². The van der Waals surface area contributed by atoms with Gasteiger partial charge in [-0.25, -0.2) is 0 Å². The van der Waals surface area contributed by atoms with Crippen LogP contribution in [0.1, 0.15) is 224 Å². The van der Waals surface area contributed by atoms with Crippen LogP contribution in [0.5, 0.6) is 17.2 Å². The summed E-state index contributed by atoms with van der Waals surface area (Å²) in [5.74, 6) is 1.23. The van der Waals surface area contributed by atoms with E-state index in [9.17, 15) is 25.2 Å². The standard InChI is InChI=1S/C51H93NO10/c1-4-7-10-13-16-19-22-25-28-31-35-58-43-39-42(50(57)52-34-38-61-51-48(56)47(55)46(54)45(41-53)62-51)40-44(59-36-32-29-26-23-20-17-14-11-8-5-2)49(43)60-37-33-30-27-24-21-18-15-12-9-6-3/h39-40,45-48,51,53-56H,4-38,41H2,1-3H3,(H,52,57)/t45-,46-,47+,48+,51+/m1/s1. The molecule has 0 saturated carbocycles. The second-order valence-electron chi connectivity index (χ2n) is 17.7. The van der Waals surface area contributed by atoms with E-state index >= 15 is 0 Å². The number of amides is 1. The van der Waals surface area contributed by atoms with Gasteiger partial charge in [0.15, 0.2) is 17.8 Å². The molecule has 1 heterocycles. The van der Waals surface area contributed by atoms with Gasteiger partial charge >= 0.3 is 0 Å². The fourth-order valence-corrected chi connectivity index (χ4v) is 8.02. The van der Waals surface area contributed by atoms with E-state index in [1.165, 1.54) is 154 Å². The summed E-state index contributed by atoms with van der Waals surface area (Å²) in [7, 11) is 0. The fourth-order valence-electron chi connectivity index (χ4n) is 8.02. The zero-order valence-electron chi connectivity index (χ0n) is 39.7. The van der Waals surface area contributed by atoms with Crippen LogP contribution in [0.2, 0.25) is 0 Å². The Labute approximate surface area is 377 Å². The van der Waals surface area contributed by atoms with Crippen LogP contribution in [0.4, 0.5) is 0 Å². The molecule has 0 unspecified atom stereocenters. The number of carbonyl (C=O) groups excluding carboxylic acids is 1. The van der Waals surface area contributed by atoms with Crippen molar-refractivity contribution in [3.8, 4) is 17.2 Å². The summed E-state index contributed by atoms with van der Waals surface area (Å²) >= 11 is 0. The minimum atomic E-state index is -1.54. The summed E-state index contributed by atoms with van der Waals surface area (Å²) in [6.45, 7) is 7.82. The molecule has 1 amide bonds. The van der Waals surface area contributed by atoms with Crippen LogP contribution in [-0.4, -0.2) is 96.6 Å². The second-order valence-corrected chi connectivity index (χ2v) is 17.7. The first-order valence-electron chi connectivity index (χ1n) is 25.6. The van der Waals surface area contributed by atoms with Crippen molar-refractivity contribution in [2.45, 2.75) is 244 Å². The highest BCUT2D eigenvalue weighted by molar-refractivity contribution is 5.95. The van der Waals surface area contributed by atoms with Crippen LogP contribution in [0.3, 0.4) is 0 Å². The minimum Gasteiger partial charge on any atom is -0.490 e. The minimum absolute atomic E-state index is 0.0430. The molecule has 1 saturated heterocycles. The van der Waals surface area contributed by atoms with Crippen molar-refractivity contribution in [3.63, 3.8) is 0 Å². The highest BCUT2D eigenvalue weighted by atomic mass is 16.7. The molecule has 362 valence electrons. The third-order valence-corrected chi connectivity index (χ3v) is 12.1. The molecule has 11 heteroatoms. The summed E-state index contributed by atoms with van der Waals surface area (Å²) in [6.07, 6.45) is 30.1. The molecule has 62 heavy (non-hydrogen) atoms. The van der Waals surface area contributed by atoms with Crippen molar-refractivity contribution in [1.29, 1.82) is 0 Å². The normalized spacial score (nSPS) is 18.9. The number of nitrogens with one attached hydrogen (secondary N) is 1. The molecule has 0 spiro atoms. The lowest BCUT2D eigenvalue weighted by Crippen LogP contribution is -2.59. The van der Waals surface area contributed by atoms with E-state index in [0.717, 1.165) is 38.5 Å². The highest BCUT2D eigenvalue weighted by Gasteiger charge is 2.44. The first-order chi connectivity index (χ1) is 30.4. The summed E-state index contributed by atoms with van der Waals surface area (Å²) in [5.41, 5.74) is 0.375. The Balaban J connectivity index is 2.08. The number of aliphatic hydroxyl groups excluding tert-OH is 4. The van der Waals surface area contributed by atoms with E-state index in [4.69, 9.17) is 23.7 Å². The Morgan fingerprint density at radius 1 is 0.516 bits per heavy atom. The number of aliphatic hydroxyl groups is 4. The smallest absolute Gasteiger partial charge is 0.251 e. The van der Waals surface area contributed by atoms with Gasteiger partial charge in [0.05, 0.1) is 33.0 Å². The maximum Gasteiger partial charge on any atom is 0.251 e. The molecule has 5 atom stereocenters. The zero-order chi connectivity index (χ0) is 44.9. The Kier molecular flexibility index (Phi) is 34.4. The van der Waals surface area contributed by atoms with Crippen molar-refractivity contribution in [3.05, 3.63) is 17.7 Å². The molecule has 1 aromatic carbocycles. The molecule has 1 aromatic rings. The van der Waals surface area contributed by atoms with Crippen LogP contribution in [0.25, 0.3) is 0 Å². The van der Waals surface area contributed by atoms with Gasteiger partial charge in [0.2, 0.25) is 5.75 Å². The predicted octanol–water partition coefficient (Wildman–Crippen LogP) is 11.1. The van der Waals surface area contributed by atoms with E-state index in [2.05, 4.69) is 26.1 Å². The third kappa shape index (κ3) is 25.4. The number of hydrogen-bond donors (Lipinski definition) is 5. The molecule has 2 rings (SSSR count). The second kappa shape index (κ2) is 38.2. The van der Waals surface area contributed by atoms with Gasteiger partial charge in [-0.1, -0.05) is 194 Å². The number of hydrogen-bond acceptors (Lipinski definition) is 10. The zero-order valence-corrected chi connectivity index (χ0v) is 39.7. The van der Waals surface area contributed by atoms with E-state index < -0.39 is 37.3 Å². The molecule has 11 nitrogen and oxygen atoms in total. The molecular formula is C51H93NO10. The average Bonchev–Trinajstić information content (AvgIpc) is 3.28. The lowest BCUT2D eigenvalue weighted by atomic mass is 9.99. The van der Waals surface area contributed by atoms with Crippen LogP contribution in [0, 0.1) is 0 Å². The van der Waals surface area contributed by atoms with E-state index in [1.807, 2.05) is 0 Å². The van der Waals surface area contributed by atoms with Gasteiger partial charge in [0, 0.05) is 12.1 Å². The van der Waals surface area contributed by atoms with Gasteiger partial charge in [-0.05, 0) is 31.4 Å². The first-order valence-corrected chi connectivity index (χ1v) is 25.6. The third-order valence-electron chi connectivity index (χ3n) is 12.1. The Bertz CT molecular complexity index is 1150. The van der Waals surface area contributed by atoms with Crippen molar-refractivity contribution in [2.75, 3.05) is 39.6 Å². The molecule has 1 aliphatic heterocycles. The van der Waals surface area contributed by atoms with Crippen molar-refractivity contribution in [2.24, 2.45) is 0 Å². The molecule has 1 aliphatic rings. The maximum atomic E-state index is 13.6. The van der Waals surface area contributed by atoms with E-state index in [1.54, 1.807) is 12.1 Å². The van der Waals surface area contributed by atoms with Crippen molar-refractivity contribution in [1.82, 2.24) is 5.32 Å². The quantitative estimate of drug-likeness (QED) is 0.0401. The maximum absolute atomic E-state index is 13.6. The van der Waals surface area contributed by atoms with E-state index in [0.29, 0.717) is 42.6 Å². The average molecular weight is 880 g/mol. The Morgan fingerprint density at radius 3 is 1.27 bits per heavy atom. The van der Waals surface area contributed by atoms with Crippen LogP contribution in [0.15, 0.2) is 12.1 Å². The topological polar surface area (TPSA) is 156 Å². The number of benzene rings is 1. The molecule has 1 fully saturated rings. The van der Waals surface area contributed by atoms with Crippen molar-refractivity contribution < 1.29 is 48.9 Å². The summed E-state index contributed by atoms with van der Waals surface area (Å²) in [4.78, 5) is 13.6. The summed E-state index contributed by atoms with van der Waals surface area (Å²) in [6, 6.07) is 3.48. The number of carbonyl (C=O) groups is 1. The van der Waals surface area contributed by atoms with Gasteiger partial charge in [-0.15, -0.1) is 0 Å². The molecular weight excluding hydrogens is 787 g/mol. The number of rotatable bonds is 42. The number of ether oxygens (including phenoxy) is 5. The molecule has 0 radical (unpaired) electrons. The van der Waals surface area contributed by atoms with Crippen molar-refractivity contribution >= 4 is 5.91 Å². The van der Waals surface area contributed by atoms with Crippen LogP contribution >= 0.6 is 0 Å². The fraction of sp³-hybridized carbons (Fsp3) is 0.863. The van der Waals surface area contributed by atoms with Crippen LogP contribution in [-0.2, 0) is 9.47 Å². The SMILES string of the molecule is CCCCCCCCCCCCOc1cc(C(=O)NCCO[C@H]2O[C@H](CO)[C@@H](O)[C@H](O)[C@@H]2O)cc(OCCCCCCCCCCCC)c1OCCCCCCCCCCCC. The largest absolute Gasteiger partial charge is 0.490 e. The monoisotopic (exact) mass is 880 g/mol. The first kappa shape index (κ1) is 56.0. The van der Waals surface area contributed by atoms with E-state index in [-0.39, 0.29) is 19.1 Å². The van der Waals surface area contributed by atoms with Crippen LogP contribution < -0.4 is 19.5 Å². The van der Waals surface area contributed by atoms with Gasteiger partial charge in [-0.2, -0.15) is 0 Å². The summed E-state index contributed by atoms with van der Waals surface area (Å²) in [5, 5.41) is 42.9. The molecule has 0 bridgehead atoms. The number of unbranched alkanes of at least 4 members (excludes halogenated alkanes) is 27. The highest BCUT2D eigenvalue weighted by Crippen LogP contribution is 2.40.